The Morgan fingerprint density at radius 3 is 2.78 bits per heavy atom. The highest BCUT2D eigenvalue weighted by Crippen LogP contribution is 2.15. The average Bonchev–Trinajstić information content (AvgIpc) is 2.30. The summed E-state index contributed by atoms with van der Waals surface area (Å²) in [5.74, 6) is 0.447. The maximum absolute atomic E-state index is 13.4. The summed E-state index contributed by atoms with van der Waals surface area (Å²) in [7, 11) is 0. The number of allylic oxidation sites excluding steroid dienone is 1. The molecule has 0 radical (unpaired) electrons. The lowest BCUT2D eigenvalue weighted by molar-refractivity contribution is 0.556. The van der Waals surface area contributed by atoms with Crippen LogP contribution in [0.1, 0.15) is 25.8 Å². The quantitative estimate of drug-likeness (QED) is 0.577. The van der Waals surface area contributed by atoms with Crippen molar-refractivity contribution in [1.29, 1.82) is 0 Å². The minimum Gasteiger partial charge on any atom is -0.316 e. The van der Waals surface area contributed by atoms with E-state index in [0.717, 1.165) is 19.5 Å². The van der Waals surface area contributed by atoms with E-state index in [9.17, 15) is 4.39 Å². The molecule has 0 bridgehead atoms. The summed E-state index contributed by atoms with van der Waals surface area (Å²) in [6.07, 6.45) is 5.68. The van der Waals surface area contributed by atoms with Gasteiger partial charge in [0.05, 0.1) is 0 Å². The fraction of sp³-hybridized carbons (Fsp3) is 0.467. The van der Waals surface area contributed by atoms with E-state index in [-0.39, 0.29) is 5.82 Å². The second kappa shape index (κ2) is 8.28. The first-order valence-electron chi connectivity index (χ1n) is 6.39. The summed E-state index contributed by atoms with van der Waals surface area (Å²) in [5.41, 5.74) is 0.686. The third-order valence-electron chi connectivity index (χ3n) is 2.56. The molecule has 1 aromatic rings. The van der Waals surface area contributed by atoms with Crippen molar-refractivity contribution < 1.29 is 4.39 Å². The second-order valence-electron chi connectivity index (χ2n) is 4.80. The number of hydrogen-bond donors (Lipinski definition) is 1. The normalized spacial score (nSPS) is 11.6. The van der Waals surface area contributed by atoms with Gasteiger partial charge in [-0.15, -0.1) is 0 Å². The van der Waals surface area contributed by atoms with Crippen LogP contribution in [-0.2, 0) is 6.42 Å². The SMILES string of the molecule is CC(C)CNCC/C=C/Cc1ccc(Cl)cc1F. The van der Waals surface area contributed by atoms with Gasteiger partial charge in [0.25, 0.3) is 0 Å². The lowest BCUT2D eigenvalue weighted by Gasteiger charge is -2.05. The van der Waals surface area contributed by atoms with Crippen molar-refractivity contribution in [3.8, 4) is 0 Å². The Balaban J connectivity index is 2.24. The smallest absolute Gasteiger partial charge is 0.128 e. The minimum atomic E-state index is -0.231. The Labute approximate surface area is 114 Å². The molecule has 0 amide bonds. The van der Waals surface area contributed by atoms with E-state index >= 15 is 0 Å². The van der Waals surface area contributed by atoms with Gasteiger partial charge in [0.2, 0.25) is 0 Å². The van der Waals surface area contributed by atoms with Crippen LogP contribution in [0.3, 0.4) is 0 Å². The van der Waals surface area contributed by atoms with Crippen molar-refractivity contribution >= 4 is 11.6 Å². The number of hydrogen-bond acceptors (Lipinski definition) is 1. The Morgan fingerprint density at radius 2 is 2.11 bits per heavy atom. The lowest BCUT2D eigenvalue weighted by atomic mass is 10.1. The Morgan fingerprint density at radius 1 is 1.33 bits per heavy atom. The van der Waals surface area contributed by atoms with E-state index in [1.807, 2.05) is 6.08 Å². The van der Waals surface area contributed by atoms with Gasteiger partial charge in [-0.05, 0) is 49.5 Å². The van der Waals surface area contributed by atoms with Crippen molar-refractivity contribution in [2.75, 3.05) is 13.1 Å². The van der Waals surface area contributed by atoms with Crippen molar-refractivity contribution in [3.05, 3.63) is 46.8 Å². The maximum atomic E-state index is 13.4. The molecule has 0 saturated carbocycles. The van der Waals surface area contributed by atoms with Crippen molar-refractivity contribution in [2.45, 2.75) is 26.7 Å². The molecule has 0 aliphatic rings. The van der Waals surface area contributed by atoms with Crippen LogP contribution >= 0.6 is 11.6 Å². The van der Waals surface area contributed by atoms with Gasteiger partial charge in [0, 0.05) is 5.02 Å². The molecule has 0 unspecified atom stereocenters. The third kappa shape index (κ3) is 6.18. The Bertz CT molecular complexity index is 388. The summed E-state index contributed by atoms with van der Waals surface area (Å²) < 4.78 is 13.4. The van der Waals surface area contributed by atoms with Crippen LogP contribution in [0.25, 0.3) is 0 Å². The largest absolute Gasteiger partial charge is 0.316 e. The van der Waals surface area contributed by atoms with Gasteiger partial charge >= 0.3 is 0 Å². The van der Waals surface area contributed by atoms with E-state index in [4.69, 9.17) is 11.6 Å². The summed E-state index contributed by atoms with van der Waals surface area (Å²) >= 11 is 5.69. The molecule has 1 nitrogen and oxygen atoms in total. The van der Waals surface area contributed by atoms with Crippen LogP contribution in [-0.4, -0.2) is 13.1 Å². The number of benzene rings is 1. The number of nitrogens with one attached hydrogen (secondary N) is 1. The maximum Gasteiger partial charge on any atom is 0.128 e. The molecule has 0 heterocycles. The first kappa shape index (κ1) is 15.2. The van der Waals surface area contributed by atoms with Gasteiger partial charge in [0.1, 0.15) is 5.82 Å². The molecule has 1 aromatic carbocycles. The molecule has 1 N–H and O–H groups in total. The van der Waals surface area contributed by atoms with Crippen LogP contribution in [0.2, 0.25) is 5.02 Å². The molecule has 0 aliphatic heterocycles. The van der Waals surface area contributed by atoms with Gasteiger partial charge in [-0.1, -0.05) is 43.7 Å². The highest BCUT2D eigenvalue weighted by Gasteiger charge is 2.00. The lowest BCUT2D eigenvalue weighted by Crippen LogP contribution is -2.20. The monoisotopic (exact) mass is 269 g/mol. The molecule has 0 saturated heterocycles. The van der Waals surface area contributed by atoms with Crippen LogP contribution < -0.4 is 5.32 Å². The molecule has 1 rings (SSSR count). The van der Waals surface area contributed by atoms with Gasteiger partial charge in [-0.3, -0.25) is 0 Å². The minimum absolute atomic E-state index is 0.231. The van der Waals surface area contributed by atoms with E-state index in [1.165, 1.54) is 6.07 Å². The van der Waals surface area contributed by atoms with Gasteiger partial charge in [0.15, 0.2) is 0 Å². The van der Waals surface area contributed by atoms with E-state index in [2.05, 4.69) is 25.2 Å². The molecule has 0 aromatic heterocycles. The van der Waals surface area contributed by atoms with Gasteiger partial charge in [-0.25, -0.2) is 4.39 Å². The zero-order valence-corrected chi connectivity index (χ0v) is 11.8. The Kier molecular flexibility index (Phi) is 6.99. The standard InChI is InChI=1S/C15H21ClFN/c1-12(2)11-18-9-5-3-4-6-13-7-8-14(16)10-15(13)17/h3-4,7-8,10,12,18H,5-6,9,11H2,1-2H3/b4-3+. The summed E-state index contributed by atoms with van der Waals surface area (Å²) in [6, 6.07) is 4.81. The third-order valence-corrected chi connectivity index (χ3v) is 2.80. The number of halogens is 2. The van der Waals surface area contributed by atoms with Crippen LogP contribution in [0, 0.1) is 11.7 Å². The molecule has 0 fully saturated rings. The highest BCUT2D eigenvalue weighted by molar-refractivity contribution is 6.30. The van der Waals surface area contributed by atoms with Crippen molar-refractivity contribution in [3.63, 3.8) is 0 Å². The summed E-state index contributed by atoms with van der Waals surface area (Å²) in [5, 5.41) is 3.80. The van der Waals surface area contributed by atoms with Crippen LogP contribution in [0.4, 0.5) is 4.39 Å². The zero-order chi connectivity index (χ0) is 13.4. The molecule has 0 spiro atoms. The van der Waals surface area contributed by atoms with Crippen molar-refractivity contribution in [2.24, 2.45) is 5.92 Å². The zero-order valence-electron chi connectivity index (χ0n) is 11.0. The van der Waals surface area contributed by atoms with Crippen LogP contribution in [0.15, 0.2) is 30.4 Å². The van der Waals surface area contributed by atoms with Gasteiger partial charge in [-0.2, -0.15) is 0 Å². The first-order chi connectivity index (χ1) is 8.59. The molecule has 3 heteroatoms. The van der Waals surface area contributed by atoms with E-state index in [1.54, 1.807) is 12.1 Å². The molecule has 100 valence electrons. The van der Waals surface area contributed by atoms with Crippen molar-refractivity contribution in [1.82, 2.24) is 5.32 Å². The topological polar surface area (TPSA) is 12.0 Å². The second-order valence-corrected chi connectivity index (χ2v) is 5.23. The number of rotatable bonds is 7. The predicted molar refractivity (Wildman–Crippen MR) is 76.6 cm³/mol. The van der Waals surface area contributed by atoms with Gasteiger partial charge < -0.3 is 5.32 Å². The molecular weight excluding hydrogens is 249 g/mol. The van der Waals surface area contributed by atoms with Crippen LogP contribution in [0.5, 0.6) is 0 Å². The predicted octanol–water partition coefficient (Wildman–Crippen LogP) is 4.21. The Hall–Kier alpha value is -0.860. The summed E-state index contributed by atoms with van der Waals surface area (Å²) in [6.45, 7) is 6.38. The van der Waals surface area contributed by atoms with E-state index < -0.39 is 0 Å². The highest BCUT2D eigenvalue weighted by atomic mass is 35.5. The molecule has 18 heavy (non-hydrogen) atoms. The molecular formula is C15H21ClFN. The first-order valence-corrected chi connectivity index (χ1v) is 6.77. The fourth-order valence-corrected chi connectivity index (χ4v) is 1.75. The van der Waals surface area contributed by atoms with E-state index in [0.29, 0.717) is 22.9 Å². The summed E-state index contributed by atoms with van der Waals surface area (Å²) in [4.78, 5) is 0. The average molecular weight is 270 g/mol. The fourth-order valence-electron chi connectivity index (χ4n) is 1.59. The molecule has 0 aliphatic carbocycles. The molecule has 0 atom stereocenters.